The van der Waals surface area contributed by atoms with Gasteiger partial charge in [-0.2, -0.15) is 0 Å². The molecule has 1 fully saturated rings. The molecule has 62 heavy (non-hydrogen) atoms. The molecule has 1 N–H and O–H groups in total. The summed E-state index contributed by atoms with van der Waals surface area (Å²) < 4.78 is 61.0. The highest BCUT2D eigenvalue weighted by Gasteiger charge is 2.45. The van der Waals surface area contributed by atoms with Crippen LogP contribution in [0.5, 0.6) is 0 Å². The zero-order chi connectivity index (χ0) is 42.6. The molecule has 8 aromatic carbocycles. The van der Waals surface area contributed by atoms with Crippen LogP contribution >= 0.6 is 0 Å². The SMILES string of the molecule is Cc1ccc(S(=O)(=O)c2cc3c4c(ccc5c6c(S(=O)(=O)c7ccc(C)cc7)cc7c8c(ccc(c2c45)c86)C2Nc4ccccc4N2C7=O)C(=O)N(C2CCCCC2)C3=O)cc1. The number of hydrogen-bond acceptors (Lipinski definition) is 8. The van der Waals surface area contributed by atoms with Crippen molar-refractivity contribution in [1.29, 1.82) is 0 Å². The number of anilines is 2. The number of benzene rings is 8. The van der Waals surface area contributed by atoms with E-state index in [2.05, 4.69) is 5.32 Å². The molecule has 3 aliphatic heterocycles. The van der Waals surface area contributed by atoms with Crippen molar-refractivity contribution in [1.82, 2.24) is 4.90 Å². The number of carbonyl (C=O) groups excluding carboxylic acids is 3. The third-order valence-corrected chi connectivity index (χ3v) is 17.2. The van der Waals surface area contributed by atoms with Gasteiger partial charge in [0.05, 0.1) is 36.5 Å². The molecule has 0 aromatic heterocycles. The lowest BCUT2D eigenvalue weighted by atomic mass is 9.81. The smallest absolute Gasteiger partial charge is 0.261 e. The molecular weight excluding hydrogens is 819 g/mol. The van der Waals surface area contributed by atoms with Crippen LogP contribution in [0.25, 0.3) is 43.1 Å². The Labute approximate surface area is 356 Å². The van der Waals surface area contributed by atoms with Crippen LogP contribution in [-0.2, 0) is 19.7 Å². The molecule has 10 nitrogen and oxygen atoms in total. The number of rotatable bonds is 5. The van der Waals surface area contributed by atoms with E-state index in [9.17, 15) is 14.4 Å². The van der Waals surface area contributed by atoms with Gasteiger partial charge in [0.25, 0.3) is 17.7 Å². The summed E-state index contributed by atoms with van der Waals surface area (Å²) in [6.07, 6.45) is 3.39. The van der Waals surface area contributed by atoms with Crippen LogP contribution in [0.4, 0.5) is 11.4 Å². The van der Waals surface area contributed by atoms with Crippen molar-refractivity contribution in [2.75, 3.05) is 10.2 Å². The molecule has 3 amide bonds. The Morgan fingerprint density at radius 3 is 1.65 bits per heavy atom. The molecule has 12 rings (SSSR count). The molecule has 8 aromatic rings. The van der Waals surface area contributed by atoms with Gasteiger partial charge in [-0.05, 0) is 97.4 Å². The number of nitrogens with zero attached hydrogens (tertiary/aromatic N) is 2. The maximum atomic E-state index is 15.3. The third-order valence-electron chi connectivity index (χ3n) is 13.6. The van der Waals surface area contributed by atoms with Gasteiger partial charge in [0.1, 0.15) is 6.17 Å². The minimum Gasteiger partial charge on any atom is -0.359 e. The minimum absolute atomic E-state index is 0.0157. The van der Waals surface area contributed by atoms with E-state index in [1.165, 1.54) is 29.2 Å². The number of amides is 3. The summed E-state index contributed by atoms with van der Waals surface area (Å²) in [5.74, 6) is -1.44. The Morgan fingerprint density at radius 1 is 0.516 bits per heavy atom. The van der Waals surface area contributed by atoms with Crippen LogP contribution < -0.4 is 10.2 Å². The fraction of sp³-hybridized carbons (Fsp3) is 0.180. The quantitative estimate of drug-likeness (QED) is 0.103. The average Bonchev–Trinajstić information content (AvgIpc) is 3.67. The second kappa shape index (κ2) is 12.7. The van der Waals surface area contributed by atoms with Crippen LogP contribution in [-0.4, -0.2) is 45.5 Å². The maximum absolute atomic E-state index is 15.3. The fourth-order valence-electron chi connectivity index (χ4n) is 10.7. The number of fused-ring (bicyclic) bond motifs is 6. The molecule has 0 bridgehead atoms. The average molecular weight is 856 g/mol. The number of hydrogen-bond donors (Lipinski definition) is 1. The van der Waals surface area contributed by atoms with Crippen LogP contribution in [0.15, 0.2) is 129 Å². The van der Waals surface area contributed by atoms with Crippen molar-refractivity contribution in [3.8, 4) is 0 Å². The van der Waals surface area contributed by atoms with Crippen molar-refractivity contribution in [2.45, 2.75) is 77.7 Å². The van der Waals surface area contributed by atoms with Crippen LogP contribution in [0, 0.1) is 13.8 Å². The molecule has 4 aliphatic rings. The van der Waals surface area contributed by atoms with Crippen molar-refractivity contribution < 1.29 is 31.2 Å². The first-order valence-corrected chi connectivity index (χ1v) is 23.8. The number of carbonyl (C=O) groups is 3. The summed E-state index contributed by atoms with van der Waals surface area (Å²) in [5.41, 5.74) is 4.30. The molecule has 306 valence electrons. The first kappa shape index (κ1) is 37.2. The topological polar surface area (TPSA) is 138 Å². The van der Waals surface area contributed by atoms with Crippen molar-refractivity contribution in [2.24, 2.45) is 0 Å². The van der Waals surface area contributed by atoms with Gasteiger partial charge in [0.15, 0.2) is 0 Å². The van der Waals surface area contributed by atoms with Crippen molar-refractivity contribution in [3.05, 3.63) is 143 Å². The van der Waals surface area contributed by atoms with Crippen LogP contribution in [0.2, 0.25) is 0 Å². The second-order valence-corrected chi connectivity index (χ2v) is 20.9. The molecule has 1 aliphatic carbocycles. The predicted octanol–water partition coefficient (Wildman–Crippen LogP) is 10.0. The second-order valence-electron chi connectivity index (χ2n) is 17.1. The highest BCUT2D eigenvalue weighted by molar-refractivity contribution is 7.92. The Hall–Kier alpha value is -6.63. The standard InChI is InChI=1S/C50H37N3O7S2/c1-26-12-16-29(17-13-26)61(57,58)39-24-35-41-33(47-51-37-10-6-7-11-38(37)53(47)50(35)56)22-20-31-44-40(62(59,60)30-18-14-27(2)15-19-30)25-36-42-34(23-21-32(46(42)44)43(39)45(31)41)48(54)52(49(36)55)28-8-4-3-5-9-28/h6-7,10-25,28,47,51H,3-5,8-9H2,1-2H3. The Bertz CT molecular complexity index is 3600. The number of aryl methyl sites for hydroxylation is 2. The highest BCUT2D eigenvalue weighted by Crippen LogP contribution is 2.54. The summed E-state index contributed by atoms with van der Waals surface area (Å²) in [5, 5.41) is 6.27. The van der Waals surface area contributed by atoms with Gasteiger partial charge in [-0.15, -0.1) is 0 Å². The Kier molecular flexibility index (Phi) is 7.62. The normalized spacial score (nSPS) is 17.7. The van der Waals surface area contributed by atoms with Gasteiger partial charge in [0, 0.05) is 49.7 Å². The van der Waals surface area contributed by atoms with Crippen molar-refractivity contribution in [3.63, 3.8) is 0 Å². The van der Waals surface area contributed by atoms with Crippen LogP contribution in [0.3, 0.4) is 0 Å². The first-order valence-electron chi connectivity index (χ1n) is 20.8. The molecule has 1 saturated carbocycles. The van der Waals surface area contributed by atoms with Crippen LogP contribution in [0.1, 0.15) is 86.0 Å². The minimum atomic E-state index is -4.39. The lowest BCUT2D eigenvalue weighted by Crippen LogP contribution is -2.47. The van der Waals surface area contributed by atoms with E-state index in [0.29, 0.717) is 51.0 Å². The molecular formula is C50H37N3O7S2. The van der Waals surface area contributed by atoms with Gasteiger partial charge >= 0.3 is 0 Å². The van der Waals surface area contributed by atoms with E-state index in [4.69, 9.17) is 0 Å². The molecule has 0 saturated heterocycles. The number of nitrogens with one attached hydrogen (secondary N) is 1. The summed E-state index contributed by atoms with van der Waals surface area (Å²) in [6, 6.07) is 30.0. The van der Waals surface area contributed by atoms with E-state index < -0.39 is 43.6 Å². The van der Waals surface area contributed by atoms with E-state index >= 15 is 16.8 Å². The van der Waals surface area contributed by atoms with E-state index in [1.807, 2.05) is 44.2 Å². The van der Waals surface area contributed by atoms with Gasteiger partial charge in [-0.3, -0.25) is 24.2 Å². The van der Waals surface area contributed by atoms with Gasteiger partial charge in [0.2, 0.25) is 19.7 Å². The Morgan fingerprint density at radius 2 is 1.03 bits per heavy atom. The lowest BCUT2D eigenvalue weighted by Gasteiger charge is -2.37. The zero-order valence-electron chi connectivity index (χ0n) is 33.7. The predicted molar refractivity (Wildman–Crippen MR) is 238 cm³/mol. The first-order chi connectivity index (χ1) is 29.9. The van der Waals surface area contributed by atoms with Crippen molar-refractivity contribution >= 4 is 91.9 Å². The summed E-state index contributed by atoms with van der Waals surface area (Å²) in [4.78, 5) is 47.3. The summed E-state index contributed by atoms with van der Waals surface area (Å²) >= 11 is 0. The monoisotopic (exact) mass is 855 g/mol. The van der Waals surface area contributed by atoms with Gasteiger partial charge in [-0.1, -0.05) is 85.0 Å². The molecule has 0 spiro atoms. The summed E-state index contributed by atoms with van der Waals surface area (Å²) in [7, 11) is -8.78. The zero-order valence-corrected chi connectivity index (χ0v) is 35.3. The van der Waals surface area contributed by atoms with E-state index in [-0.39, 0.29) is 58.5 Å². The molecule has 1 atom stereocenters. The third kappa shape index (κ3) is 4.81. The van der Waals surface area contributed by atoms with Gasteiger partial charge in [-0.25, -0.2) is 16.8 Å². The molecule has 1 unspecified atom stereocenters. The number of imide groups is 1. The fourth-order valence-corrected chi connectivity index (χ4v) is 13.7. The maximum Gasteiger partial charge on any atom is 0.261 e. The number of sulfone groups is 2. The van der Waals surface area contributed by atoms with E-state index in [0.717, 1.165) is 36.1 Å². The largest absolute Gasteiger partial charge is 0.359 e. The highest BCUT2D eigenvalue weighted by atomic mass is 32.2. The molecule has 0 radical (unpaired) electrons. The Balaban J connectivity index is 1.28. The molecule has 3 heterocycles. The number of para-hydroxylation sites is 2. The lowest BCUT2D eigenvalue weighted by molar-refractivity contribution is 0.0502. The summed E-state index contributed by atoms with van der Waals surface area (Å²) in [6.45, 7) is 3.73. The molecule has 12 heteroatoms. The van der Waals surface area contributed by atoms with E-state index in [1.54, 1.807) is 59.5 Å². The van der Waals surface area contributed by atoms with Gasteiger partial charge < -0.3 is 5.32 Å².